The van der Waals surface area contributed by atoms with Crippen molar-refractivity contribution in [3.8, 4) is 11.1 Å². The molecule has 1 fully saturated rings. The summed E-state index contributed by atoms with van der Waals surface area (Å²) in [6.45, 7) is 4.27. The van der Waals surface area contributed by atoms with Gasteiger partial charge in [-0.05, 0) is 29.5 Å². The van der Waals surface area contributed by atoms with Gasteiger partial charge >= 0.3 is 0 Å². The van der Waals surface area contributed by atoms with E-state index in [0.29, 0.717) is 38.3 Å². The molecule has 1 aliphatic heterocycles. The lowest BCUT2D eigenvalue weighted by atomic mass is 9.91. The summed E-state index contributed by atoms with van der Waals surface area (Å²) in [5.41, 5.74) is 3.82. The van der Waals surface area contributed by atoms with E-state index in [0.717, 1.165) is 23.1 Å². The van der Waals surface area contributed by atoms with Gasteiger partial charge in [0.2, 0.25) is 5.91 Å². The molecule has 166 valence electrons. The normalized spacial score (nSPS) is 16.8. The fourth-order valence-electron chi connectivity index (χ4n) is 4.42. The minimum Gasteiger partial charge on any atom is -0.341 e. The van der Waals surface area contributed by atoms with Gasteiger partial charge in [-0.3, -0.25) is 9.59 Å². The highest BCUT2D eigenvalue weighted by Crippen LogP contribution is 2.27. The molecule has 2 aromatic carbocycles. The van der Waals surface area contributed by atoms with E-state index in [1.165, 1.54) is 0 Å². The summed E-state index contributed by atoms with van der Waals surface area (Å²) in [6, 6.07) is 18.5. The first-order valence-corrected chi connectivity index (χ1v) is 11.3. The van der Waals surface area contributed by atoms with Gasteiger partial charge in [0, 0.05) is 39.4 Å². The van der Waals surface area contributed by atoms with Crippen molar-refractivity contribution in [1.82, 2.24) is 19.4 Å². The maximum atomic E-state index is 13.5. The average molecular weight is 431 g/mol. The second-order valence-corrected chi connectivity index (χ2v) is 8.43. The van der Waals surface area contributed by atoms with Crippen LogP contribution in [0.5, 0.6) is 0 Å². The summed E-state index contributed by atoms with van der Waals surface area (Å²) in [7, 11) is 1.85. The Hall–Kier alpha value is -3.41. The summed E-state index contributed by atoms with van der Waals surface area (Å²) in [4.78, 5) is 34.6. The molecule has 0 N–H and O–H groups in total. The van der Waals surface area contributed by atoms with Gasteiger partial charge in [-0.2, -0.15) is 0 Å². The lowest BCUT2D eigenvalue weighted by molar-refractivity contribution is -0.134. The van der Waals surface area contributed by atoms with Crippen molar-refractivity contribution in [2.45, 2.75) is 19.8 Å². The Labute approximate surface area is 189 Å². The third kappa shape index (κ3) is 4.74. The van der Waals surface area contributed by atoms with Gasteiger partial charge < -0.3 is 14.4 Å². The predicted octanol–water partition coefficient (Wildman–Crippen LogP) is 3.64. The van der Waals surface area contributed by atoms with Crippen molar-refractivity contribution < 1.29 is 9.59 Å². The summed E-state index contributed by atoms with van der Waals surface area (Å²) >= 11 is 0. The Morgan fingerprint density at radius 1 is 1.06 bits per heavy atom. The number of nitrogens with zero attached hydrogens (tertiary/aromatic N) is 4. The number of hydrogen-bond acceptors (Lipinski definition) is 3. The summed E-state index contributed by atoms with van der Waals surface area (Å²) in [6.07, 6.45) is 4.86. The number of hydrogen-bond donors (Lipinski definition) is 0. The molecule has 0 saturated carbocycles. The van der Waals surface area contributed by atoms with Crippen LogP contribution >= 0.6 is 0 Å². The van der Waals surface area contributed by atoms with Gasteiger partial charge in [0.1, 0.15) is 5.69 Å². The lowest BCUT2D eigenvalue weighted by Crippen LogP contribution is -2.38. The standard InChI is InChI=1S/C26H30N4O2/c1-3-13-29-14-15-30(26(32)24-18-28(2)19-27-24)17-22(25(29)31)16-21-11-7-8-12-23(21)20-9-5-4-6-10-20/h4-12,18-19,22H,3,13-17H2,1-2H3/t22-/m0/s1. The van der Waals surface area contributed by atoms with Crippen LogP contribution in [0.3, 0.4) is 0 Å². The first kappa shape index (κ1) is 21.8. The van der Waals surface area contributed by atoms with Gasteiger partial charge in [-0.15, -0.1) is 0 Å². The summed E-state index contributed by atoms with van der Waals surface area (Å²) in [5, 5.41) is 0. The third-order valence-corrected chi connectivity index (χ3v) is 6.01. The molecule has 0 aliphatic carbocycles. The quantitative estimate of drug-likeness (QED) is 0.600. The maximum absolute atomic E-state index is 13.5. The number of aromatic nitrogens is 2. The number of aryl methyl sites for hydroxylation is 1. The van der Waals surface area contributed by atoms with Crippen LogP contribution < -0.4 is 0 Å². The first-order chi connectivity index (χ1) is 15.6. The fraction of sp³-hybridized carbons (Fsp3) is 0.346. The predicted molar refractivity (Wildman–Crippen MR) is 125 cm³/mol. The smallest absolute Gasteiger partial charge is 0.274 e. The molecular weight excluding hydrogens is 400 g/mol. The molecule has 1 aromatic heterocycles. The molecule has 6 nitrogen and oxygen atoms in total. The molecule has 0 unspecified atom stereocenters. The largest absolute Gasteiger partial charge is 0.341 e. The minimum atomic E-state index is -0.290. The number of imidazole rings is 1. The number of carbonyl (C=O) groups excluding carboxylic acids is 2. The lowest BCUT2D eigenvalue weighted by Gasteiger charge is -2.24. The topological polar surface area (TPSA) is 58.4 Å². The van der Waals surface area contributed by atoms with Crippen molar-refractivity contribution in [1.29, 1.82) is 0 Å². The molecule has 3 aromatic rings. The molecule has 1 saturated heterocycles. The van der Waals surface area contributed by atoms with E-state index in [4.69, 9.17) is 0 Å². The van der Waals surface area contributed by atoms with Crippen molar-refractivity contribution in [3.05, 3.63) is 78.4 Å². The highest BCUT2D eigenvalue weighted by molar-refractivity contribution is 5.93. The fourth-order valence-corrected chi connectivity index (χ4v) is 4.42. The average Bonchev–Trinajstić information content (AvgIpc) is 3.20. The molecule has 6 heteroatoms. The third-order valence-electron chi connectivity index (χ3n) is 6.01. The first-order valence-electron chi connectivity index (χ1n) is 11.3. The molecule has 0 bridgehead atoms. The van der Waals surface area contributed by atoms with E-state index in [2.05, 4.69) is 36.2 Å². The second kappa shape index (κ2) is 9.81. The Morgan fingerprint density at radius 3 is 2.53 bits per heavy atom. The number of benzene rings is 2. The van der Waals surface area contributed by atoms with Gasteiger partial charge in [0.05, 0.1) is 12.2 Å². The van der Waals surface area contributed by atoms with Crippen molar-refractivity contribution in [2.24, 2.45) is 13.0 Å². The molecule has 2 amide bonds. The molecule has 1 aliphatic rings. The Morgan fingerprint density at radius 2 is 1.81 bits per heavy atom. The molecule has 1 atom stereocenters. The Kier molecular flexibility index (Phi) is 6.69. The second-order valence-electron chi connectivity index (χ2n) is 8.43. The van der Waals surface area contributed by atoms with Crippen LogP contribution in [-0.2, 0) is 18.3 Å². The summed E-state index contributed by atoms with van der Waals surface area (Å²) < 4.78 is 1.77. The van der Waals surface area contributed by atoms with Crippen LogP contribution in [0.4, 0.5) is 0 Å². The van der Waals surface area contributed by atoms with E-state index < -0.39 is 0 Å². The van der Waals surface area contributed by atoms with Gasteiger partial charge in [-0.1, -0.05) is 61.5 Å². The molecular formula is C26H30N4O2. The Bertz CT molecular complexity index is 1080. The van der Waals surface area contributed by atoms with Gasteiger partial charge in [-0.25, -0.2) is 4.98 Å². The molecule has 2 heterocycles. The SMILES string of the molecule is CCCN1CCN(C(=O)c2cn(C)cn2)C[C@H](Cc2ccccc2-c2ccccc2)C1=O. The highest BCUT2D eigenvalue weighted by atomic mass is 16.2. The molecule has 32 heavy (non-hydrogen) atoms. The van der Waals surface area contributed by atoms with Crippen molar-refractivity contribution in [3.63, 3.8) is 0 Å². The van der Waals surface area contributed by atoms with Crippen LogP contribution in [0, 0.1) is 5.92 Å². The van der Waals surface area contributed by atoms with Crippen LogP contribution in [0.25, 0.3) is 11.1 Å². The highest BCUT2D eigenvalue weighted by Gasteiger charge is 2.33. The van der Waals surface area contributed by atoms with Crippen LogP contribution in [0.15, 0.2) is 67.1 Å². The Balaban J connectivity index is 1.63. The number of rotatable bonds is 6. The zero-order chi connectivity index (χ0) is 22.5. The van der Waals surface area contributed by atoms with Crippen LogP contribution in [0.2, 0.25) is 0 Å². The van der Waals surface area contributed by atoms with Crippen LogP contribution in [0.1, 0.15) is 29.4 Å². The van der Waals surface area contributed by atoms with E-state index in [-0.39, 0.29) is 17.7 Å². The van der Waals surface area contributed by atoms with Gasteiger partial charge in [0.15, 0.2) is 0 Å². The van der Waals surface area contributed by atoms with Crippen LogP contribution in [-0.4, -0.2) is 57.3 Å². The monoisotopic (exact) mass is 430 g/mol. The number of amides is 2. The summed E-state index contributed by atoms with van der Waals surface area (Å²) in [5.74, 6) is -0.272. The van der Waals surface area contributed by atoms with E-state index in [1.807, 2.05) is 42.3 Å². The molecule has 0 spiro atoms. The molecule has 0 radical (unpaired) electrons. The zero-order valence-corrected chi connectivity index (χ0v) is 18.8. The van der Waals surface area contributed by atoms with E-state index in [1.54, 1.807) is 22.0 Å². The van der Waals surface area contributed by atoms with Crippen molar-refractivity contribution >= 4 is 11.8 Å². The van der Waals surface area contributed by atoms with Crippen molar-refractivity contribution in [2.75, 3.05) is 26.2 Å². The van der Waals surface area contributed by atoms with E-state index >= 15 is 0 Å². The van der Waals surface area contributed by atoms with E-state index in [9.17, 15) is 9.59 Å². The number of carbonyl (C=O) groups is 2. The van der Waals surface area contributed by atoms with Gasteiger partial charge in [0.25, 0.3) is 5.91 Å². The minimum absolute atomic E-state index is 0.113. The zero-order valence-electron chi connectivity index (χ0n) is 18.8. The molecule has 4 rings (SSSR count). The maximum Gasteiger partial charge on any atom is 0.274 e.